The lowest BCUT2D eigenvalue weighted by atomic mass is 10.1. The first kappa shape index (κ1) is 11.6. The lowest BCUT2D eigenvalue weighted by Crippen LogP contribution is -2.33. The van der Waals surface area contributed by atoms with E-state index in [-0.39, 0.29) is 6.04 Å². The van der Waals surface area contributed by atoms with Crippen LogP contribution >= 0.6 is 0 Å². The summed E-state index contributed by atoms with van der Waals surface area (Å²) in [6.07, 6.45) is 1.80. The summed E-state index contributed by atoms with van der Waals surface area (Å²) >= 11 is 0. The van der Waals surface area contributed by atoms with Crippen LogP contribution in [0.3, 0.4) is 0 Å². The molecule has 0 spiro atoms. The van der Waals surface area contributed by atoms with Crippen molar-refractivity contribution < 1.29 is 9.90 Å². The summed E-state index contributed by atoms with van der Waals surface area (Å²) in [4.78, 5) is 35.8. The molecule has 0 amide bonds. The number of carboxylic acids is 1. The average Bonchev–Trinajstić information content (AvgIpc) is 2.72. The molecule has 7 heteroatoms. The average molecular weight is 239 g/mol. The molecule has 7 nitrogen and oxygen atoms in total. The van der Waals surface area contributed by atoms with Crippen LogP contribution in [0.15, 0.2) is 15.8 Å². The Labute approximate surface area is 96.1 Å². The van der Waals surface area contributed by atoms with Crippen molar-refractivity contribution in [2.75, 3.05) is 6.54 Å². The van der Waals surface area contributed by atoms with Crippen molar-refractivity contribution in [1.82, 2.24) is 14.9 Å². The molecule has 1 fully saturated rings. The summed E-state index contributed by atoms with van der Waals surface area (Å²) in [5.74, 6) is -0.929. The molecule has 0 saturated carbocycles. The Morgan fingerprint density at radius 3 is 2.82 bits per heavy atom. The van der Waals surface area contributed by atoms with Gasteiger partial charge in [-0.3, -0.25) is 19.1 Å². The first-order chi connectivity index (χ1) is 7.99. The first-order valence-corrected chi connectivity index (χ1v) is 5.27. The maximum atomic E-state index is 11.6. The summed E-state index contributed by atoms with van der Waals surface area (Å²) in [6.45, 7) is 2.01. The number of nitrogens with one attached hydrogen (secondary N) is 2. The molecule has 1 aliphatic heterocycles. The van der Waals surface area contributed by atoms with Crippen molar-refractivity contribution in [1.29, 1.82) is 0 Å². The third-order valence-corrected chi connectivity index (χ3v) is 2.95. The van der Waals surface area contributed by atoms with E-state index < -0.39 is 23.3 Å². The number of rotatable bonds is 2. The Hall–Kier alpha value is -1.89. The number of hydrogen-bond donors (Lipinski definition) is 3. The van der Waals surface area contributed by atoms with Crippen molar-refractivity contribution in [3.63, 3.8) is 0 Å². The second-order valence-electron chi connectivity index (χ2n) is 4.17. The largest absolute Gasteiger partial charge is 0.480 e. The second-order valence-corrected chi connectivity index (χ2v) is 4.17. The molecule has 3 N–H and O–H groups in total. The van der Waals surface area contributed by atoms with Crippen LogP contribution in [0.5, 0.6) is 0 Å². The zero-order chi connectivity index (χ0) is 12.6. The maximum absolute atomic E-state index is 11.6. The molecule has 0 radical (unpaired) electrons. The molecular weight excluding hydrogens is 226 g/mol. The number of nitrogens with zero attached hydrogens (tertiary/aromatic N) is 1. The molecule has 2 atom stereocenters. The van der Waals surface area contributed by atoms with Gasteiger partial charge in [-0.25, -0.2) is 4.79 Å². The Balaban J connectivity index is 2.31. The normalized spacial score (nSPS) is 23.8. The molecule has 92 valence electrons. The summed E-state index contributed by atoms with van der Waals surface area (Å²) < 4.78 is 1.38. The minimum absolute atomic E-state index is 0.237. The Morgan fingerprint density at radius 1 is 1.53 bits per heavy atom. The van der Waals surface area contributed by atoms with Gasteiger partial charge in [0, 0.05) is 18.3 Å². The van der Waals surface area contributed by atoms with Crippen LogP contribution in [0.25, 0.3) is 0 Å². The van der Waals surface area contributed by atoms with E-state index in [0.29, 0.717) is 18.5 Å². The quantitative estimate of drug-likeness (QED) is 0.603. The molecule has 1 aromatic rings. The Kier molecular flexibility index (Phi) is 2.84. The van der Waals surface area contributed by atoms with Gasteiger partial charge in [0.2, 0.25) is 0 Å². The van der Waals surface area contributed by atoms with Crippen LogP contribution in [0, 0.1) is 6.92 Å². The Bertz CT molecular complexity index is 559. The SMILES string of the molecule is Cc1cn([C@H]2CN[C@@H](C(=O)O)C2)c(=O)[nH]c1=O. The summed E-state index contributed by atoms with van der Waals surface area (Å²) in [6, 6.07) is -0.877. The van der Waals surface area contributed by atoms with Crippen LogP contribution in [-0.2, 0) is 4.79 Å². The van der Waals surface area contributed by atoms with E-state index in [1.165, 1.54) is 10.8 Å². The van der Waals surface area contributed by atoms with E-state index in [1.54, 1.807) is 6.92 Å². The summed E-state index contributed by atoms with van der Waals surface area (Å²) in [7, 11) is 0. The van der Waals surface area contributed by atoms with Crippen molar-refractivity contribution in [3.8, 4) is 0 Å². The number of carbonyl (C=O) groups is 1. The highest BCUT2D eigenvalue weighted by atomic mass is 16.4. The number of carboxylic acid groups (broad SMARTS) is 1. The third kappa shape index (κ3) is 2.14. The van der Waals surface area contributed by atoms with Gasteiger partial charge in [0.1, 0.15) is 6.04 Å². The predicted octanol–water partition coefficient (Wildman–Crippen LogP) is -1.17. The van der Waals surface area contributed by atoms with Gasteiger partial charge in [-0.1, -0.05) is 0 Å². The number of aromatic nitrogens is 2. The number of hydrogen-bond acceptors (Lipinski definition) is 4. The van der Waals surface area contributed by atoms with Gasteiger partial charge in [-0.2, -0.15) is 0 Å². The lowest BCUT2D eigenvalue weighted by molar-refractivity contribution is -0.139. The monoisotopic (exact) mass is 239 g/mol. The second kappa shape index (κ2) is 4.17. The molecule has 0 unspecified atom stereocenters. The topological polar surface area (TPSA) is 104 Å². The van der Waals surface area contributed by atoms with Gasteiger partial charge in [0.15, 0.2) is 0 Å². The zero-order valence-corrected chi connectivity index (χ0v) is 9.27. The van der Waals surface area contributed by atoms with Crippen LogP contribution in [-0.4, -0.2) is 33.2 Å². The smallest absolute Gasteiger partial charge is 0.328 e. The minimum Gasteiger partial charge on any atom is -0.480 e. The summed E-state index contributed by atoms with van der Waals surface area (Å²) in [5.41, 5.74) is -0.478. The molecule has 0 aliphatic carbocycles. The van der Waals surface area contributed by atoms with E-state index in [9.17, 15) is 14.4 Å². The minimum atomic E-state index is -0.929. The highest BCUT2D eigenvalue weighted by molar-refractivity contribution is 5.73. The van der Waals surface area contributed by atoms with Gasteiger partial charge in [-0.05, 0) is 13.3 Å². The van der Waals surface area contributed by atoms with Gasteiger partial charge in [0.05, 0.1) is 6.04 Å². The van der Waals surface area contributed by atoms with E-state index in [4.69, 9.17) is 5.11 Å². The zero-order valence-electron chi connectivity index (χ0n) is 9.27. The van der Waals surface area contributed by atoms with Gasteiger partial charge in [-0.15, -0.1) is 0 Å². The van der Waals surface area contributed by atoms with Crippen LogP contribution in [0.2, 0.25) is 0 Å². The predicted molar refractivity (Wildman–Crippen MR) is 59.1 cm³/mol. The molecule has 1 aliphatic rings. The number of aliphatic carboxylic acids is 1. The number of aryl methyl sites for hydroxylation is 1. The maximum Gasteiger partial charge on any atom is 0.328 e. The van der Waals surface area contributed by atoms with Gasteiger partial charge in [0.25, 0.3) is 5.56 Å². The van der Waals surface area contributed by atoms with E-state index in [0.717, 1.165) is 0 Å². The summed E-state index contributed by atoms with van der Waals surface area (Å²) in [5, 5.41) is 11.7. The van der Waals surface area contributed by atoms with E-state index in [1.807, 2.05) is 0 Å². The highest BCUT2D eigenvalue weighted by Gasteiger charge is 2.30. The third-order valence-electron chi connectivity index (χ3n) is 2.95. The highest BCUT2D eigenvalue weighted by Crippen LogP contribution is 2.17. The van der Waals surface area contributed by atoms with E-state index >= 15 is 0 Å². The van der Waals surface area contributed by atoms with Crippen molar-refractivity contribution in [3.05, 3.63) is 32.6 Å². The van der Waals surface area contributed by atoms with Crippen molar-refractivity contribution >= 4 is 5.97 Å². The van der Waals surface area contributed by atoms with Crippen LogP contribution < -0.4 is 16.6 Å². The standard InChI is InChI=1S/C10H13N3O4/c1-5-4-13(10(17)12-8(5)14)6-2-7(9(15)16)11-3-6/h4,6-7,11H,2-3H2,1H3,(H,15,16)(H,12,14,17)/t6-,7-/m1/s1. The van der Waals surface area contributed by atoms with Crippen molar-refractivity contribution in [2.45, 2.75) is 25.4 Å². The fraction of sp³-hybridized carbons (Fsp3) is 0.500. The molecule has 1 aromatic heterocycles. The molecule has 2 heterocycles. The van der Waals surface area contributed by atoms with Crippen molar-refractivity contribution in [2.24, 2.45) is 0 Å². The van der Waals surface area contributed by atoms with E-state index in [2.05, 4.69) is 10.3 Å². The molecule has 17 heavy (non-hydrogen) atoms. The Morgan fingerprint density at radius 2 is 2.24 bits per heavy atom. The first-order valence-electron chi connectivity index (χ1n) is 5.27. The fourth-order valence-corrected chi connectivity index (χ4v) is 1.97. The molecule has 2 rings (SSSR count). The molecule has 1 saturated heterocycles. The van der Waals surface area contributed by atoms with Gasteiger partial charge >= 0.3 is 11.7 Å². The lowest BCUT2D eigenvalue weighted by Gasteiger charge is -2.12. The van der Waals surface area contributed by atoms with Gasteiger partial charge < -0.3 is 10.4 Å². The fourth-order valence-electron chi connectivity index (χ4n) is 1.97. The number of aromatic amines is 1. The van der Waals surface area contributed by atoms with Crippen LogP contribution in [0.1, 0.15) is 18.0 Å². The number of H-pyrrole nitrogens is 1. The molecule has 0 aromatic carbocycles. The molecular formula is C10H13N3O4. The van der Waals surface area contributed by atoms with Crippen LogP contribution in [0.4, 0.5) is 0 Å². The molecule has 0 bridgehead atoms.